The Hall–Kier alpha value is -0.0800. The van der Waals surface area contributed by atoms with Crippen LogP contribution in [0.5, 0.6) is 0 Å². The number of likely N-dealkylation sites (tertiary alicyclic amines) is 1. The highest BCUT2D eigenvalue weighted by Crippen LogP contribution is 2.39. The van der Waals surface area contributed by atoms with E-state index >= 15 is 0 Å². The van der Waals surface area contributed by atoms with Crippen molar-refractivity contribution in [3.05, 3.63) is 0 Å². The molecule has 0 atom stereocenters. The van der Waals surface area contributed by atoms with Crippen LogP contribution in [0.2, 0.25) is 0 Å². The lowest BCUT2D eigenvalue weighted by molar-refractivity contribution is 0.141. The Labute approximate surface area is 115 Å². The highest BCUT2D eigenvalue weighted by atomic mass is 15.2. The van der Waals surface area contributed by atoms with E-state index in [0.717, 1.165) is 6.54 Å². The van der Waals surface area contributed by atoms with Crippen molar-refractivity contribution in [2.75, 3.05) is 33.2 Å². The molecule has 0 unspecified atom stereocenters. The van der Waals surface area contributed by atoms with E-state index in [4.69, 9.17) is 0 Å². The highest BCUT2D eigenvalue weighted by molar-refractivity contribution is 4.91. The lowest BCUT2D eigenvalue weighted by atomic mass is 9.80. The van der Waals surface area contributed by atoms with Crippen LogP contribution >= 0.6 is 0 Å². The minimum Gasteiger partial charge on any atom is -0.319 e. The van der Waals surface area contributed by atoms with Crippen molar-refractivity contribution in [3.8, 4) is 0 Å². The number of hydrogen-bond acceptors (Lipinski definition) is 2. The molecule has 0 aromatic carbocycles. The van der Waals surface area contributed by atoms with Crippen molar-refractivity contribution >= 4 is 0 Å². The van der Waals surface area contributed by atoms with Gasteiger partial charge in [0.15, 0.2) is 0 Å². The minimum atomic E-state index is 0.478. The molecule has 0 bridgehead atoms. The van der Waals surface area contributed by atoms with Gasteiger partial charge >= 0.3 is 0 Å². The van der Waals surface area contributed by atoms with Gasteiger partial charge in [0.25, 0.3) is 0 Å². The van der Waals surface area contributed by atoms with Crippen molar-refractivity contribution < 1.29 is 0 Å². The molecule has 1 saturated heterocycles. The van der Waals surface area contributed by atoms with Gasteiger partial charge in [-0.25, -0.2) is 0 Å². The summed E-state index contributed by atoms with van der Waals surface area (Å²) in [6.07, 6.45) is 6.66. The molecular formula is C16H34N2. The lowest BCUT2D eigenvalue weighted by Gasteiger charge is -2.36. The van der Waals surface area contributed by atoms with E-state index < -0.39 is 0 Å². The van der Waals surface area contributed by atoms with Crippen LogP contribution in [0.4, 0.5) is 0 Å². The second-order valence-electron chi connectivity index (χ2n) is 6.41. The number of rotatable bonds is 8. The maximum atomic E-state index is 3.41. The van der Waals surface area contributed by atoms with E-state index in [1.807, 2.05) is 0 Å². The SMILES string of the molecule is CCC1(CC)CCN(CC(CC)(CC)CNC)C1. The fourth-order valence-electron chi connectivity index (χ4n) is 3.62. The first-order valence-corrected chi connectivity index (χ1v) is 7.96. The van der Waals surface area contributed by atoms with E-state index in [9.17, 15) is 0 Å². The largest absolute Gasteiger partial charge is 0.319 e. The van der Waals surface area contributed by atoms with Gasteiger partial charge in [-0.15, -0.1) is 0 Å². The van der Waals surface area contributed by atoms with Gasteiger partial charge in [-0.1, -0.05) is 27.7 Å². The Morgan fingerprint density at radius 3 is 2.11 bits per heavy atom. The summed E-state index contributed by atoms with van der Waals surface area (Å²) >= 11 is 0. The number of nitrogens with one attached hydrogen (secondary N) is 1. The Kier molecular flexibility index (Phi) is 6.13. The Morgan fingerprint density at radius 1 is 1.11 bits per heavy atom. The fourth-order valence-corrected chi connectivity index (χ4v) is 3.62. The topological polar surface area (TPSA) is 15.3 Å². The molecule has 108 valence electrons. The van der Waals surface area contributed by atoms with Gasteiger partial charge in [0.1, 0.15) is 0 Å². The second kappa shape index (κ2) is 6.91. The summed E-state index contributed by atoms with van der Waals surface area (Å²) in [5, 5.41) is 3.41. The van der Waals surface area contributed by atoms with Gasteiger partial charge in [-0.2, -0.15) is 0 Å². The minimum absolute atomic E-state index is 0.478. The first-order valence-electron chi connectivity index (χ1n) is 7.96. The van der Waals surface area contributed by atoms with E-state index in [0.29, 0.717) is 10.8 Å². The molecule has 2 heteroatoms. The molecule has 0 aromatic heterocycles. The predicted molar refractivity (Wildman–Crippen MR) is 81.0 cm³/mol. The average Bonchev–Trinajstić information content (AvgIpc) is 2.82. The fraction of sp³-hybridized carbons (Fsp3) is 1.00. The Bertz CT molecular complexity index is 229. The van der Waals surface area contributed by atoms with Gasteiger partial charge in [0.2, 0.25) is 0 Å². The van der Waals surface area contributed by atoms with E-state index in [1.54, 1.807) is 0 Å². The molecule has 0 aliphatic carbocycles. The summed E-state index contributed by atoms with van der Waals surface area (Å²) in [5.74, 6) is 0. The molecule has 1 aliphatic heterocycles. The molecule has 0 radical (unpaired) electrons. The zero-order valence-corrected chi connectivity index (χ0v) is 13.3. The van der Waals surface area contributed by atoms with Crippen LogP contribution < -0.4 is 5.32 Å². The average molecular weight is 254 g/mol. The van der Waals surface area contributed by atoms with Gasteiger partial charge in [-0.3, -0.25) is 0 Å². The normalized spacial score (nSPS) is 20.5. The van der Waals surface area contributed by atoms with Crippen LogP contribution in [0.15, 0.2) is 0 Å². The van der Waals surface area contributed by atoms with Crippen LogP contribution in [-0.2, 0) is 0 Å². The maximum Gasteiger partial charge on any atom is 0.00502 e. The van der Waals surface area contributed by atoms with Crippen molar-refractivity contribution in [2.24, 2.45) is 10.8 Å². The molecule has 1 rings (SSSR count). The Morgan fingerprint density at radius 2 is 1.72 bits per heavy atom. The van der Waals surface area contributed by atoms with Crippen LogP contribution in [-0.4, -0.2) is 38.1 Å². The first-order chi connectivity index (χ1) is 8.59. The molecule has 1 fully saturated rings. The smallest absolute Gasteiger partial charge is 0.00502 e. The van der Waals surface area contributed by atoms with Crippen molar-refractivity contribution in [3.63, 3.8) is 0 Å². The van der Waals surface area contributed by atoms with Crippen molar-refractivity contribution in [2.45, 2.75) is 59.8 Å². The maximum absolute atomic E-state index is 3.41. The number of hydrogen-bond donors (Lipinski definition) is 1. The van der Waals surface area contributed by atoms with Crippen LogP contribution in [0, 0.1) is 10.8 Å². The molecule has 1 aliphatic rings. The third-order valence-corrected chi connectivity index (χ3v) is 5.63. The summed E-state index contributed by atoms with van der Waals surface area (Å²) in [5.41, 5.74) is 1.10. The highest BCUT2D eigenvalue weighted by Gasteiger charge is 2.38. The van der Waals surface area contributed by atoms with Crippen molar-refractivity contribution in [1.82, 2.24) is 10.2 Å². The van der Waals surface area contributed by atoms with E-state index in [1.165, 1.54) is 51.7 Å². The van der Waals surface area contributed by atoms with Gasteiger partial charge in [0, 0.05) is 19.6 Å². The molecule has 1 heterocycles. The molecule has 0 amide bonds. The number of nitrogens with zero attached hydrogens (tertiary/aromatic N) is 1. The first kappa shape index (κ1) is 16.0. The summed E-state index contributed by atoms with van der Waals surface area (Å²) in [6.45, 7) is 14.5. The molecule has 0 aromatic rings. The van der Waals surface area contributed by atoms with E-state index in [-0.39, 0.29) is 0 Å². The standard InChI is InChI=1S/C16H34N2/c1-6-15(7-2)10-11-18(13-15)14-16(8-3,9-4)12-17-5/h17H,6-14H2,1-5H3. The van der Waals surface area contributed by atoms with Crippen LogP contribution in [0.25, 0.3) is 0 Å². The van der Waals surface area contributed by atoms with Crippen LogP contribution in [0.3, 0.4) is 0 Å². The van der Waals surface area contributed by atoms with Gasteiger partial charge in [0.05, 0.1) is 0 Å². The van der Waals surface area contributed by atoms with Crippen LogP contribution in [0.1, 0.15) is 59.8 Å². The monoisotopic (exact) mass is 254 g/mol. The third-order valence-electron chi connectivity index (χ3n) is 5.63. The zero-order valence-electron chi connectivity index (χ0n) is 13.3. The summed E-state index contributed by atoms with van der Waals surface area (Å²) < 4.78 is 0. The molecule has 1 N–H and O–H groups in total. The second-order valence-corrected chi connectivity index (χ2v) is 6.41. The molecule has 0 spiro atoms. The predicted octanol–water partition coefficient (Wildman–Crippen LogP) is 3.52. The van der Waals surface area contributed by atoms with Gasteiger partial charge < -0.3 is 10.2 Å². The lowest BCUT2D eigenvalue weighted by Crippen LogP contribution is -2.42. The molecular weight excluding hydrogens is 220 g/mol. The molecule has 2 nitrogen and oxygen atoms in total. The summed E-state index contributed by atoms with van der Waals surface area (Å²) in [7, 11) is 2.09. The van der Waals surface area contributed by atoms with Crippen molar-refractivity contribution in [1.29, 1.82) is 0 Å². The van der Waals surface area contributed by atoms with E-state index in [2.05, 4.69) is 45.0 Å². The quantitative estimate of drug-likeness (QED) is 0.713. The zero-order chi connectivity index (χ0) is 13.6. The van der Waals surface area contributed by atoms with Gasteiger partial charge in [-0.05, 0) is 56.5 Å². The summed E-state index contributed by atoms with van der Waals surface area (Å²) in [6, 6.07) is 0. The summed E-state index contributed by atoms with van der Waals surface area (Å²) in [4.78, 5) is 2.73. The molecule has 0 saturated carbocycles. The molecule has 18 heavy (non-hydrogen) atoms. The third kappa shape index (κ3) is 3.48. The Balaban J connectivity index is 2.62.